The highest BCUT2D eigenvalue weighted by molar-refractivity contribution is 7.99. The summed E-state index contributed by atoms with van der Waals surface area (Å²) in [5, 5.41) is 4.49. The van der Waals surface area contributed by atoms with E-state index in [1.807, 2.05) is 11.8 Å². The Kier molecular flexibility index (Phi) is 2.84. The third-order valence-corrected chi connectivity index (χ3v) is 4.25. The SMILES string of the molecule is O=Cc1ccn2nc(C3CCCSC3)nc2c1. The fraction of sp³-hybridized carbons (Fsp3) is 0.417. The van der Waals surface area contributed by atoms with E-state index < -0.39 is 0 Å². The molecule has 4 nitrogen and oxygen atoms in total. The first-order valence-electron chi connectivity index (χ1n) is 5.76. The first-order valence-corrected chi connectivity index (χ1v) is 6.91. The van der Waals surface area contributed by atoms with Crippen LogP contribution in [0, 0.1) is 0 Å². The van der Waals surface area contributed by atoms with Gasteiger partial charge in [-0.15, -0.1) is 0 Å². The normalized spacial score (nSPS) is 20.6. The summed E-state index contributed by atoms with van der Waals surface area (Å²) in [5.41, 5.74) is 1.41. The highest BCUT2D eigenvalue weighted by Gasteiger charge is 2.20. The zero-order valence-corrected chi connectivity index (χ0v) is 10.2. The Morgan fingerprint density at radius 3 is 3.24 bits per heavy atom. The summed E-state index contributed by atoms with van der Waals surface area (Å²) in [6, 6.07) is 3.54. The largest absolute Gasteiger partial charge is 0.298 e. The number of aldehydes is 1. The molecule has 88 valence electrons. The van der Waals surface area contributed by atoms with Crippen LogP contribution in [0.15, 0.2) is 18.3 Å². The van der Waals surface area contributed by atoms with Gasteiger partial charge in [-0.05, 0) is 30.7 Å². The molecule has 1 saturated heterocycles. The third kappa shape index (κ3) is 2.07. The second-order valence-electron chi connectivity index (χ2n) is 4.26. The molecule has 1 aliphatic rings. The van der Waals surface area contributed by atoms with Gasteiger partial charge in [-0.25, -0.2) is 9.50 Å². The number of hydrogen-bond donors (Lipinski definition) is 0. The van der Waals surface area contributed by atoms with Crippen LogP contribution in [-0.2, 0) is 0 Å². The quantitative estimate of drug-likeness (QED) is 0.763. The van der Waals surface area contributed by atoms with E-state index in [9.17, 15) is 4.79 Å². The van der Waals surface area contributed by atoms with Gasteiger partial charge in [0.05, 0.1) is 0 Å². The Morgan fingerprint density at radius 2 is 2.47 bits per heavy atom. The highest BCUT2D eigenvalue weighted by atomic mass is 32.2. The minimum absolute atomic E-state index is 0.466. The lowest BCUT2D eigenvalue weighted by molar-refractivity contribution is 0.112. The molecular weight excluding hydrogens is 234 g/mol. The van der Waals surface area contributed by atoms with Crippen LogP contribution in [0.25, 0.3) is 5.65 Å². The average Bonchev–Trinajstić information content (AvgIpc) is 2.82. The molecule has 3 rings (SSSR count). The van der Waals surface area contributed by atoms with E-state index in [0.717, 1.165) is 23.5 Å². The molecule has 0 spiro atoms. The molecule has 1 fully saturated rings. The Hall–Kier alpha value is -1.36. The number of fused-ring (bicyclic) bond motifs is 1. The van der Waals surface area contributed by atoms with Crippen LogP contribution in [0.1, 0.15) is 34.9 Å². The van der Waals surface area contributed by atoms with Gasteiger partial charge in [-0.2, -0.15) is 16.9 Å². The van der Waals surface area contributed by atoms with E-state index in [0.29, 0.717) is 11.5 Å². The molecule has 2 aromatic rings. The zero-order valence-electron chi connectivity index (χ0n) is 9.37. The molecule has 0 aromatic carbocycles. The van der Waals surface area contributed by atoms with Gasteiger partial charge in [0, 0.05) is 23.4 Å². The van der Waals surface area contributed by atoms with Crippen molar-refractivity contribution in [1.29, 1.82) is 0 Å². The van der Waals surface area contributed by atoms with E-state index in [2.05, 4.69) is 10.1 Å². The molecule has 0 aliphatic carbocycles. The number of carbonyl (C=O) groups excluding carboxylic acids is 1. The van der Waals surface area contributed by atoms with Crippen LogP contribution in [0.2, 0.25) is 0 Å². The number of aromatic nitrogens is 3. The molecule has 0 N–H and O–H groups in total. The fourth-order valence-electron chi connectivity index (χ4n) is 2.11. The number of hydrogen-bond acceptors (Lipinski definition) is 4. The van der Waals surface area contributed by atoms with Crippen molar-refractivity contribution >= 4 is 23.7 Å². The first-order chi connectivity index (χ1) is 8.36. The summed E-state index contributed by atoms with van der Waals surface area (Å²) in [5.74, 6) is 3.74. The Bertz CT molecular complexity index is 546. The number of carbonyl (C=O) groups is 1. The van der Waals surface area contributed by atoms with E-state index >= 15 is 0 Å². The van der Waals surface area contributed by atoms with Gasteiger partial charge >= 0.3 is 0 Å². The molecule has 0 bridgehead atoms. The van der Waals surface area contributed by atoms with Gasteiger partial charge in [0.25, 0.3) is 0 Å². The first kappa shape index (κ1) is 10.8. The van der Waals surface area contributed by atoms with Crippen molar-refractivity contribution < 1.29 is 4.79 Å². The van der Waals surface area contributed by atoms with Crippen molar-refractivity contribution in [1.82, 2.24) is 14.6 Å². The van der Waals surface area contributed by atoms with Crippen LogP contribution in [0.4, 0.5) is 0 Å². The molecule has 17 heavy (non-hydrogen) atoms. The minimum Gasteiger partial charge on any atom is -0.298 e. The molecule has 0 amide bonds. The van der Waals surface area contributed by atoms with Crippen LogP contribution in [-0.4, -0.2) is 32.4 Å². The maximum Gasteiger partial charge on any atom is 0.156 e. The van der Waals surface area contributed by atoms with E-state index in [-0.39, 0.29) is 0 Å². The third-order valence-electron chi connectivity index (χ3n) is 3.04. The van der Waals surface area contributed by atoms with E-state index in [4.69, 9.17) is 0 Å². The molecule has 0 radical (unpaired) electrons. The predicted molar refractivity (Wildman–Crippen MR) is 67.7 cm³/mol. The summed E-state index contributed by atoms with van der Waals surface area (Å²) in [4.78, 5) is 15.2. The second kappa shape index (κ2) is 4.49. The molecule has 5 heteroatoms. The van der Waals surface area contributed by atoms with Crippen molar-refractivity contribution in [2.24, 2.45) is 0 Å². The lowest BCUT2D eigenvalue weighted by atomic mass is 10.1. The Balaban J connectivity index is 1.97. The molecule has 2 aromatic heterocycles. The maximum atomic E-state index is 10.7. The average molecular weight is 247 g/mol. The summed E-state index contributed by atoms with van der Waals surface area (Å²) in [6.45, 7) is 0. The highest BCUT2D eigenvalue weighted by Crippen LogP contribution is 2.29. The topological polar surface area (TPSA) is 47.3 Å². The smallest absolute Gasteiger partial charge is 0.156 e. The number of pyridine rings is 1. The Labute approximate surface area is 103 Å². The van der Waals surface area contributed by atoms with Crippen molar-refractivity contribution in [3.8, 4) is 0 Å². The molecule has 3 heterocycles. The Morgan fingerprint density at radius 1 is 1.53 bits per heavy atom. The summed E-state index contributed by atoms with van der Waals surface area (Å²) >= 11 is 1.97. The van der Waals surface area contributed by atoms with Crippen LogP contribution < -0.4 is 0 Å². The maximum absolute atomic E-state index is 10.7. The van der Waals surface area contributed by atoms with Crippen LogP contribution >= 0.6 is 11.8 Å². The van der Waals surface area contributed by atoms with Crippen molar-refractivity contribution in [2.75, 3.05) is 11.5 Å². The second-order valence-corrected chi connectivity index (χ2v) is 5.41. The van der Waals surface area contributed by atoms with Gasteiger partial charge in [0.1, 0.15) is 6.29 Å². The molecule has 0 saturated carbocycles. The molecule has 1 atom stereocenters. The van der Waals surface area contributed by atoms with Gasteiger partial charge < -0.3 is 0 Å². The van der Waals surface area contributed by atoms with Crippen molar-refractivity contribution in [3.63, 3.8) is 0 Å². The molecular formula is C12H13N3OS. The molecule has 1 aliphatic heterocycles. The van der Waals surface area contributed by atoms with Crippen LogP contribution in [0.3, 0.4) is 0 Å². The van der Waals surface area contributed by atoms with Gasteiger partial charge in [0.2, 0.25) is 0 Å². The zero-order chi connectivity index (χ0) is 11.7. The summed E-state index contributed by atoms with van der Waals surface area (Å²) < 4.78 is 1.75. The van der Waals surface area contributed by atoms with Gasteiger partial charge in [0.15, 0.2) is 11.5 Å². The summed E-state index contributed by atoms with van der Waals surface area (Å²) in [7, 11) is 0. The van der Waals surface area contributed by atoms with Crippen molar-refractivity contribution in [3.05, 3.63) is 29.7 Å². The monoisotopic (exact) mass is 247 g/mol. The number of rotatable bonds is 2. The molecule has 1 unspecified atom stereocenters. The van der Waals surface area contributed by atoms with Gasteiger partial charge in [-0.1, -0.05) is 0 Å². The number of thioether (sulfide) groups is 1. The lowest BCUT2D eigenvalue weighted by Crippen LogP contribution is -2.10. The fourth-order valence-corrected chi connectivity index (χ4v) is 3.24. The van der Waals surface area contributed by atoms with E-state index in [1.54, 1.807) is 22.8 Å². The van der Waals surface area contributed by atoms with Crippen molar-refractivity contribution in [2.45, 2.75) is 18.8 Å². The number of nitrogens with zero attached hydrogens (tertiary/aromatic N) is 3. The van der Waals surface area contributed by atoms with Gasteiger partial charge in [-0.3, -0.25) is 4.79 Å². The standard InChI is InChI=1S/C12H13N3OS/c16-7-9-3-4-15-11(6-9)13-12(14-15)10-2-1-5-17-8-10/h3-4,6-7,10H,1-2,5,8H2. The van der Waals surface area contributed by atoms with E-state index in [1.165, 1.54) is 18.6 Å². The minimum atomic E-state index is 0.466. The lowest BCUT2D eigenvalue weighted by Gasteiger charge is -2.17. The van der Waals surface area contributed by atoms with Crippen LogP contribution in [0.5, 0.6) is 0 Å². The summed E-state index contributed by atoms with van der Waals surface area (Å²) in [6.07, 6.45) is 5.05. The predicted octanol–water partition coefficient (Wildman–Crippen LogP) is 2.15.